The van der Waals surface area contributed by atoms with Crippen LogP contribution in [0.3, 0.4) is 0 Å². The molecule has 0 saturated carbocycles. The van der Waals surface area contributed by atoms with Gasteiger partial charge in [-0.25, -0.2) is 0 Å². The minimum absolute atomic E-state index is 0.0222. The van der Waals surface area contributed by atoms with Crippen LogP contribution in [-0.4, -0.2) is 76.5 Å². The van der Waals surface area contributed by atoms with E-state index in [1.165, 1.54) is 0 Å². The summed E-state index contributed by atoms with van der Waals surface area (Å²) in [7, 11) is 0. The number of aliphatic hydroxyl groups excluding tert-OH is 1. The van der Waals surface area contributed by atoms with Gasteiger partial charge < -0.3 is 24.5 Å². The standard InChI is InChI=1S/C36H38BrN3O5/c1-3-18-38(26-14-6-5-7-15-26)33(42)29-30-34(43)40(20-10-11-21-41)32(36(30)23-28(37)31(29)45-36)35(44)39(19-4-2)27-17-16-24-12-8-9-13-25(24)22-27/h3-9,12-17,22,28-32,41H,1-2,10-11,18-21,23H2/t28?,29-,30+,31-,32?,36?/m1/s1. The van der Waals surface area contributed by atoms with Crippen molar-refractivity contribution in [3.63, 3.8) is 0 Å². The summed E-state index contributed by atoms with van der Waals surface area (Å²) in [4.78, 5) is 48.5. The number of halogens is 1. The molecule has 3 saturated heterocycles. The molecule has 3 heterocycles. The van der Waals surface area contributed by atoms with Crippen LogP contribution in [0, 0.1) is 11.8 Å². The molecule has 1 N–H and O–H groups in total. The number of carbonyl (C=O) groups is 3. The van der Waals surface area contributed by atoms with Crippen molar-refractivity contribution in [2.75, 3.05) is 36.0 Å². The summed E-state index contributed by atoms with van der Waals surface area (Å²) in [5, 5.41) is 11.6. The first-order valence-electron chi connectivity index (χ1n) is 15.5. The monoisotopic (exact) mass is 671 g/mol. The van der Waals surface area contributed by atoms with E-state index in [0.29, 0.717) is 30.6 Å². The molecule has 0 radical (unpaired) electrons. The largest absolute Gasteiger partial charge is 0.396 e. The highest BCUT2D eigenvalue weighted by atomic mass is 79.9. The number of hydrogen-bond acceptors (Lipinski definition) is 5. The molecular formula is C36H38BrN3O5. The summed E-state index contributed by atoms with van der Waals surface area (Å²) in [5.41, 5.74) is 0.203. The van der Waals surface area contributed by atoms with Gasteiger partial charge in [-0.3, -0.25) is 14.4 Å². The van der Waals surface area contributed by atoms with Gasteiger partial charge in [0.15, 0.2) is 0 Å². The molecule has 9 heteroatoms. The molecular weight excluding hydrogens is 634 g/mol. The van der Waals surface area contributed by atoms with Crippen molar-refractivity contribution in [1.29, 1.82) is 0 Å². The van der Waals surface area contributed by atoms with Gasteiger partial charge in [0.1, 0.15) is 11.6 Å². The van der Waals surface area contributed by atoms with E-state index in [1.54, 1.807) is 26.9 Å². The van der Waals surface area contributed by atoms with E-state index in [4.69, 9.17) is 4.74 Å². The zero-order valence-corrected chi connectivity index (χ0v) is 26.7. The fourth-order valence-electron chi connectivity index (χ4n) is 7.51. The summed E-state index contributed by atoms with van der Waals surface area (Å²) in [6.45, 7) is 8.53. The highest BCUT2D eigenvalue weighted by Crippen LogP contribution is 2.60. The number of rotatable bonds is 12. The van der Waals surface area contributed by atoms with Crippen LogP contribution in [0.4, 0.5) is 11.4 Å². The third-order valence-corrected chi connectivity index (χ3v) is 10.2. The predicted octanol–water partition coefficient (Wildman–Crippen LogP) is 5.10. The van der Waals surface area contributed by atoms with Crippen LogP contribution in [-0.2, 0) is 19.1 Å². The lowest BCUT2D eigenvalue weighted by molar-refractivity contribution is -0.140. The Morgan fingerprint density at radius 2 is 1.60 bits per heavy atom. The van der Waals surface area contributed by atoms with Crippen molar-refractivity contribution in [1.82, 2.24) is 4.90 Å². The van der Waals surface area contributed by atoms with E-state index in [0.717, 1.165) is 10.8 Å². The van der Waals surface area contributed by atoms with Gasteiger partial charge in [0.25, 0.3) is 5.91 Å². The molecule has 0 aliphatic carbocycles. The highest BCUT2D eigenvalue weighted by molar-refractivity contribution is 9.09. The number of ether oxygens (including phenoxy) is 1. The lowest BCUT2D eigenvalue weighted by Gasteiger charge is -2.37. The molecule has 3 amide bonds. The number of anilines is 2. The van der Waals surface area contributed by atoms with Gasteiger partial charge in [0.2, 0.25) is 11.8 Å². The lowest BCUT2D eigenvalue weighted by Crippen LogP contribution is -2.57. The number of para-hydroxylation sites is 1. The second-order valence-corrected chi connectivity index (χ2v) is 13.1. The van der Waals surface area contributed by atoms with Crippen LogP contribution in [0.5, 0.6) is 0 Å². The lowest BCUT2D eigenvalue weighted by atomic mass is 9.70. The number of aliphatic hydroxyl groups is 1. The van der Waals surface area contributed by atoms with Crippen molar-refractivity contribution >= 4 is 55.8 Å². The Bertz CT molecular complexity index is 1610. The summed E-state index contributed by atoms with van der Waals surface area (Å²) in [6, 6.07) is 22.2. The summed E-state index contributed by atoms with van der Waals surface area (Å²) in [5.74, 6) is -2.37. The molecule has 2 bridgehead atoms. The molecule has 3 fully saturated rings. The van der Waals surface area contributed by atoms with E-state index < -0.39 is 29.6 Å². The molecule has 3 aliphatic heterocycles. The molecule has 1 spiro atoms. The number of nitrogens with zero attached hydrogens (tertiary/aromatic N) is 3. The average Bonchev–Trinajstić information content (AvgIpc) is 3.65. The average molecular weight is 673 g/mol. The van der Waals surface area contributed by atoms with Gasteiger partial charge in [-0.05, 0) is 54.3 Å². The van der Waals surface area contributed by atoms with Gasteiger partial charge >= 0.3 is 0 Å². The molecule has 3 aromatic carbocycles. The van der Waals surface area contributed by atoms with Crippen molar-refractivity contribution in [2.45, 2.75) is 41.8 Å². The predicted molar refractivity (Wildman–Crippen MR) is 179 cm³/mol. The van der Waals surface area contributed by atoms with Crippen LogP contribution in [0.25, 0.3) is 10.8 Å². The van der Waals surface area contributed by atoms with Crippen LogP contribution in [0.15, 0.2) is 98.1 Å². The maximum Gasteiger partial charge on any atom is 0.253 e. The Morgan fingerprint density at radius 3 is 2.29 bits per heavy atom. The van der Waals surface area contributed by atoms with E-state index in [1.807, 2.05) is 72.8 Å². The van der Waals surface area contributed by atoms with Gasteiger partial charge in [-0.2, -0.15) is 0 Å². The first kappa shape index (κ1) is 31.2. The quantitative estimate of drug-likeness (QED) is 0.164. The number of fused-ring (bicyclic) bond motifs is 2. The molecule has 6 rings (SSSR count). The Balaban J connectivity index is 1.42. The maximum absolute atomic E-state index is 14.9. The Morgan fingerprint density at radius 1 is 0.933 bits per heavy atom. The Hall–Kier alpha value is -3.79. The summed E-state index contributed by atoms with van der Waals surface area (Å²) < 4.78 is 6.76. The molecule has 6 atom stereocenters. The second kappa shape index (κ2) is 12.9. The first-order valence-corrected chi connectivity index (χ1v) is 16.4. The molecule has 8 nitrogen and oxygen atoms in total. The van der Waals surface area contributed by atoms with Crippen LogP contribution in [0.1, 0.15) is 19.3 Å². The maximum atomic E-state index is 14.9. The zero-order chi connectivity index (χ0) is 31.7. The number of alkyl halides is 1. The Kier molecular flexibility index (Phi) is 8.95. The number of benzene rings is 3. The molecule has 0 aromatic heterocycles. The third kappa shape index (κ3) is 5.30. The molecule has 3 aromatic rings. The van der Waals surface area contributed by atoms with Crippen molar-refractivity contribution < 1.29 is 24.2 Å². The molecule has 45 heavy (non-hydrogen) atoms. The third-order valence-electron chi connectivity index (χ3n) is 9.38. The first-order chi connectivity index (χ1) is 21.9. The SMILES string of the molecule is C=CCN(C(=O)C1N(CCCCO)C(=O)[C@@H]2[C@@H](C(=O)N(CC=C)c3ccccc3)[C@@H]3OC12CC3Br)c1ccc2ccccc2c1. The second-order valence-electron chi connectivity index (χ2n) is 12.0. The number of unbranched alkanes of at least 4 members (excludes halogenated alkanes) is 1. The number of carbonyl (C=O) groups excluding carboxylic acids is 3. The fourth-order valence-corrected chi connectivity index (χ4v) is 8.45. The minimum Gasteiger partial charge on any atom is -0.396 e. The fraction of sp³-hybridized carbons (Fsp3) is 0.361. The number of amides is 3. The normalized spacial score (nSPS) is 26.6. The van der Waals surface area contributed by atoms with E-state index in [2.05, 4.69) is 29.1 Å². The van der Waals surface area contributed by atoms with E-state index in [9.17, 15) is 19.5 Å². The van der Waals surface area contributed by atoms with E-state index in [-0.39, 0.29) is 48.8 Å². The van der Waals surface area contributed by atoms with Gasteiger partial charge in [0.05, 0.1) is 17.9 Å². The number of hydrogen-bond donors (Lipinski definition) is 1. The summed E-state index contributed by atoms with van der Waals surface area (Å²) in [6.07, 6.45) is 4.18. The summed E-state index contributed by atoms with van der Waals surface area (Å²) >= 11 is 3.78. The van der Waals surface area contributed by atoms with Gasteiger partial charge in [-0.15, -0.1) is 13.2 Å². The smallest absolute Gasteiger partial charge is 0.253 e. The van der Waals surface area contributed by atoms with Gasteiger partial charge in [0, 0.05) is 42.4 Å². The van der Waals surface area contributed by atoms with Crippen LogP contribution >= 0.6 is 15.9 Å². The van der Waals surface area contributed by atoms with E-state index >= 15 is 0 Å². The van der Waals surface area contributed by atoms with Gasteiger partial charge in [-0.1, -0.05) is 76.6 Å². The van der Waals surface area contributed by atoms with Crippen molar-refractivity contribution in [3.8, 4) is 0 Å². The topological polar surface area (TPSA) is 90.4 Å². The van der Waals surface area contributed by atoms with Crippen molar-refractivity contribution in [3.05, 3.63) is 98.1 Å². The molecule has 3 aliphatic rings. The molecule has 234 valence electrons. The zero-order valence-electron chi connectivity index (χ0n) is 25.1. The van der Waals surface area contributed by atoms with Crippen molar-refractivity contribution in [2.24, 2.45) is 11.8 Å². The van der Waals surface area contributed by atoms with Crippen LogP contribution in [0.2, 0.25) is 0 Å². The number of likely N-dealkylation sites (tertiary alicyclic amines) is 1. The Labute approximate surface area is 272 Å². The van der Waals surface area contributed by atoms with Crippen LogP contribution < -0.4 is 9.80 Å². The molecule has 3 unspecified atom stereocenters. The minimum atomic E-state index is -1.20. The highest BCUT2D eigenvalue weighted by Gasteiger charge is 2.77.